The van der Waals surface area contributed by atoms with Crippen molar-refractivity contribution < 1.29 is 4.79 Å². The van der Waals surface area contributed by atoms with E-state index in [1.165, 1.54) is 0 Å². The van der Waals surface area contributed by atoms with Gasteiger partial charge in [-0.2, -0.15) is 0 Å². The molecule has 2 rings (SSSR count). The number of carbonyl (C=O) groups excluding carboxylic acids is 1. The average molecular weight is 353 g/mol. The first-order chi connectivity index (χ1) is 9.52. The van der Waals surface area contributed by atoms with Crippen LogP contribution in [0.15, 0.2) is 46.9 Å². The standard InChI is InChI=1S/C16H15BrClNO/c1-3-19(15-7-5-4-6-11(15)2)16(20)12-8-13(17)10-14(18)9-12/h4-10H,3H2,1-2H3. The van der Waals surface area contributed by atoms with Crippen molar-refractivity contribution in [2.75, 3.05) is 11.4 Å². The lowest BCUT2D eigenvalue weighted by Gasteiger charge is -2.23. The van der Waals surface area contributed by atoms with E-state index in [-0.39, 0.29) is 5.91 Å². The van der Waals surface area contributed by atoms with Crippen LogP contribution in [0.3, 0.4) is 0 Å². The number of benzene rings is 2. The predicted molar refractivity (Wildman–Crippen MR) is 87.7 cm³/mol. The maximum Gasteiger partial charge on any atom is 0.258 e. The molecular weight excluding hydrogens is 338 g/mol. The van der Waals surface area contributed by atoms with E-state index in [0.717, 1.165) is 15.7 Å². The number of aryl methyl sites for hydroxylation is 1. The van der Waals surface area contributed by atoms with Crippen LogP contribution in [0.1, 0.15) is 22.8 Å². The second-order valence-corrected chi connectivity index (χ2v) is 5.85. The molecule has 0 fully saturated rings. The van der Waals surface area contributed by atoms with Gasteiger partial charge in [0.25, 0.3) is 5.91 Å². The average Bonchev–Trinajstić information content (AvgIpc) is 2.40. The number of hydrogen-bond donors (Lipinski definition) is 0. The molecule has 0 unspecified atom stereocenters. The fourth-order valence-electron chi connectivity index (χ4n) is 2.12. The summed E-state index contributed by atoms with van der Waals surface area (Å²) in [5.74, 6) is -0.0509. The van der Waals surface area contributed by atoms with Gasteiger partial charge in [-0.1, -0.05) is 45.7 Å². The molecule has 0 atom stereocenters. The highest BCUT2D eigenvalue weighted by atomic mass is 79.9. The van der Waals surface area contributed by atoms with Gasteiger partial charge in [-0.05, 0) is 43.7 Å². The Hall–Kier alpha value is -1.32. The highest BCUT2D eigenvalue weighted by Crippen LogP contribution is 2.24. The van der Waals surface area contributed by atoms with Crippen LogP contribution in [0.2, 0.25) is 5.02 Å². The van der Waals surface area contributed by atoms with E-state index < -0.39 is 0 Å². The van der Waals surface area contributed by atoms with Crippen LogP contribution in [0, 0.1) is 6.92 Å². The zero-order chi connectivity index (χ0) is 14.7. The van der Waals surface area contributed by atoms with Gasteiger partial charge < -0.3 is 4.90 Å². The molecule has 1 amide bonds. The van der Waals surface area contributed by atoms with Crippen molar-refractivity contribution in [1.29, 1.82) is 0 Å². The van der Waals surface area contributed by atoms with Crippen LogP contribution in [-0.4, -0.2) is 12.5 Å². The summed E-state index contributed by atoms with van der Waals surface area (Å²) in [4.78, 5) is 14.4. The molecule has 104 valence electrons. The van der Waals surface area contributed by atoms with E-state index in [2.05, 4.69) is 15.9 Å². The normalized spacial score (nSPS) is 10.4. The van der Waals surface area contributed by atoms with Crippen molar-refractivity contribution in [2.24, 2.45) is 0 Å². The predicted octanol–water partition coefficient (Wildman–Crippen LogP) is 5.08. The fourth-order valence-corrected chi connectivity index (χ4v) is 2.98. The van der Waals surface area contributed by atoms with Gasteiger partial charge in [0.05, 0.1) is 0 Å². The molecule has 0 N–H and O–H groups in total. The SMILES string of the molecule is CCN(C(=O)c1cc(Cl)cc(Br)c1)c1ccccc1C. The van der Waals surface area contributed by atoms with E-state index >= 15 is 0 Å². The quantitative estimate of drug-likeness (QED) is 0.754. The molecule has 0 aliphatic carbocycles. The minimum Gasteiger partial charge on any atom is -0.308 e. The second-order valence-electron chi connectivity index (χ2n) is 4.49. The summed E-state index contributed by atoms with van der Waals surface area (Å²) in [5, 5.41) is 0.545. The Bertz CT molecular complexity index is 622. The van der Waals surface area contributed by atoms with Crippen LogP contribution in [0.5, 0.6) is 0 Å². The molecule has 0 heterocycles. The molecule has 0 aliphatic heterocycles. The van der Waals surface area contributed by atoms with Crippen molar-refractivity contribution in [1.82, 2.24) is 0 Å². The van der Waals surface area contributed by atoms with Gasteiger partial charge in [-0.15, -0.1) is 0 Å². The van der Waals surface area contributed by atoms with Crippen molar-refractivity contribution in [3.8, 4) is 0 Å². The smallest absolute Gasteiger partial charge is 0.258 e. The molecule has 4 heteroatoms. The van der Waals surface area contributed by atoms with Crippen molar-refractivity contribution in [3.05, 3.63) is 63.1 Å². The van der Waals surface area contributed by atoms with Gasteiger partial charge in [-0.3, -0.25) is 4.79 Å². The largest absolute Gasteiger partial charge is 0.308 e. The molecule has 0 spiro atoms. The van der Waals surface area contributed by atoms with E-state index in [1.54, 1.807) is 23.1 Å². The summed E-state index contributed by atoms with van der Waals surface area (Å²) in [6.45, 7) is 4.57. The molecule has 2 aromatic carbocycles. The van der Waals surface area contributed by atoms with Crippen LogP contribution in [-0.2, 0) is 0 Å². The zero-order valence-corrected chi connectivity index (χ0v) is 13.7. The van der Waals surface area contributed by atoms with Crippen LogP contribution >= 0.6 is 27.5 Å². The van der Waals surface area contributed by atoms with Crippen molar-refractivity contribution in [2.45, 2.75) is 13.8 Å². The number of amides is 1. The Morgan fingerprint density at radius 2 is 1.95 bits per heavy atom. The maximum absolute atomic E-state index is 12.7. The van der Waals surface area contributed by atoms with Gasteiger partial charge in [0.1, 0.15) is 0 Å². The van der Waals surface area contributed by atoms with Gasteiger partial charge in [0.2, 0.25) is 0 Å². The lowest BCUT2D eigenvalue weighted by molar-refractivity contribution is 0.0988. The molecular formula is C16H15BrClNO. The number of anilines is 1. The Morgan fingerprint density at radius 1 is 1.25 bits per heavy atom. The summed E-state index contributed by atoms with van der Waals surface area (Å²) >= 11 is 9.39. The minimum atomic E-state index is -0.0509. The molecule has 0 radical (unpaired) electrons. The fraction of sp³-hybridized carbons (Fsp3) is 0.188. The highest BCUT2D eigenvalue weighted by molar-refractivity contribution is 9.10. The summed E-state index contributed by atoms with van der Waals surface area (Å²) in [6, 6.07) is 13.1. The summed E-state index contributed by atoms with van der Waals surface area (Å²) in [5.41, 5.74) is 2.58. The first-order valence-electron chi connectivity index (χ1n) is 6.36. The number of rotatable bonds is 3. The number of nitrogens with zero attached hydrogens (tertiary/aromatic N) is 1. The van der Waals surface area contributed by atoms with Gasteiger partial charge in [0.15, 0.2) is 0 Å². The van der Waals surface area contributed by atoms with E-state index in [9.17, 15) is 4.79 Å². The van der Waals surface area contributed by atoms with Gasteiger partial charge >= 0.3 is 0 Å². The number of halogens is 2. The molecule has 0 saturated carbocycles. The zero-order valence-electron chi connectivity index (χ0n) is 11.4. The van der Waals surface area contributed by atoms with Crippen LogP contribution < -0.4 is 4.90 Å². The highest BCUT2D eigenvalue weighted by Gasteiger charge is 2.18. The van der Waals surface area contributed by atoms with E-state index in [1.807, 2.05) is 38.1 Å². The second kappa shape index (κ2) is 6.42. The van der Waals surface area contributed by atoms with E-state index in [0.29, 0.717) is 17.1 Å². The van der Waals surface area contributed by atoms with Crippen molar-refractivity contribution >= 4 is 39.1 Å². The Morgan fingerprint density at radius 3 is 2.55 bits per heavy atom. The number of carbonyl (C=O) groups is 1. The van der Waals surface area contributed by atoms with Gasteiger partial charge in [-0.25, -0.2) is 0 Å². The first-order valence-corrected chi connectivity index (χ1v) is 7.53. The molecule has 20 heavy (non-hydrogen) atoms. The number of hydrogen-bond acceptors (Lipinski definition) is 1. The molecule has 0 aromatic heterocycles. The molecule has 0 bridgehead atoms. The molecule has 0 saturated heterocycles. The Kier molecular flexibility index (Phi) is 4.84. The Labute approximate surface area is 132 Å². The van der Waals surface area contributed by atoms with Gasteiger partial charge in [0, 0.05) is 27.3 Å². The third-order valence-corrected chi connectivity index (χ3v) is 3.75. The lowest BCUT2D eigenvalue weighted by atomic mass is 10.1. The van der Waals surface area contributed by atoms with Crippen LogP contribution in [0.4, 0.5) is 5.69 Å². The van der Waals surface area contributed by atoms with Crippen molar-refractivity contribution in [3.63, 3.8) is 0 Å². The topological polar surface area (TPSA) is 20.3 Å². The van der Waals surface area contributed by atoms with Crippen LogP contribution in [0.25, 0.3) is 0 Å². The maximum atomic E-state index is 12.7. The summed E-state index contributed by atoms with van der Waals surface area (Å²) < 4.78 is 0.800. The monoisotopic (exact) mass is 351 g/mol. The third-order valence-electron chi connectivity index (χ3n) is 3.08. The summed E-state index contributed by atoms with van der Waals surface area (Å²) in [7, 11) is 0. The van der Waals surface area contributed by atoms with E-state index in [4.69, 9.17) is 11.6 Å². The Balaban J connectivity index is 2.42. The molecule has 0 aliphatic rings. The third kappa shape index (κ3) is 3.22. The summed E-state index contributed by atoms with van der Waals surface area (Å²) in [6.07, 6.45) is 0. The lowest BCUT2D eigenvalue weighted by Crippen LogP contribution is -2.31. The molecule has 2 nitrogen and oxygen atoms in total. The molecule has 2 aromatic rings. The minimum absolute atomic E-state index is 0.0509. The first kappa shape index (κ1) is 15.1. The number of para-hydroxylation sites is 1.